The van der Waals surface area contributed by atoms with Crippen molar-refractivity contribution in [2.45, 2.75) is 32.5 Å². The lowest BCUT2D eigenvalue weighted by Crippen LogP contribution is -2.29. The molecule has 0 saturated carbocycles. The predicted octanol–water partition coefficient (Wildman–Crippen LogP) is 4.71. The molecule has 1 fully saturated rings. The number of pyridine rings is 2. The molecule has 2 N–H and O–H groups in total. The number of nitrogens with zero attached hydrogens (tertiary/aromatic N) is 4. The Morgan fingerprint density at radius 2 is 1.92 bits per heavy atom. The number of ether oxygens (including phenoxy) is 1. The van der Waals surface area contributed by atoms with Gasteiger partial charge in [-0.1, -0.05) is 12.1 Å². The maximum atomic E-state index is 12.0. The Morgan fingerprint density at radius 3 is 2.61 bits per heavy atom. The Labute approximate surface area is 227 Å². The van der Waals surface area contributed by atoms with Gasteiger partial charge >= 0.3 is 0 Å². The molecule has 5 rings (SSSR count). The summed E-state index contributed by atoms with van der Waals surface area (Å²) in [6, 6.07) is 19.7. The molecule has 2 atom stereocenters. The van der Waals surface area contributed by atoms with Crippen molar-refractivity contribution in [2.75, 3.05) is 23.9 Å². The van der Waals surface area contributed by atoms with Crippen molar-refractivity contribution in [1.82, 2.24) is 19.9 Å². The highest BCUT2D eigenvalue weighted by atomic mass is 32.1. The Balaban J connectivity index is 1.54. The summed E-state index contributed by atoms with van der Waals surface area (Å²) in [5.41, 5.74) is 7.18. The molecule has 4 heterocycles. The molecule has 194 valence electrons. The number of benzene rings is 1. The lowest BCUT2D eigenvalue weighted by molar-refractivity contribution is -0.119. The van der Waals surface area contributed by atoms with Gasteiger partial charge in [-0.25, -0.2) is 0 Å². The summed E-state index contributed by atoms with van der Waals surface area (Å²) < 4.78 is 7.23. The second kappa shape index (κ2) is 11.1. The van der Waals surface area contributed by atoms with Gasteiger partial charge in [0.25, 0.3) is 0 Å². The van der Waals surface area contributed by atoms with E-state index < -0.39 is 0 Å². The number of amides is 1. The van der Waals surface area contributed by atoms with E-state index in [1.807, 2.05) is 60.9 Å². The van der Waals surface area contributed by atoms with Crippen LogP contribution in [0.1, 0.15) is 40.3 Å². The molecule has 0 unspecified atom stereocenters. The van der Waals surface area contributed by atoms with Gasteiger partial charge in [0.2, 0.25) is 5.91 Å². The molecule has 8 nitrogen and oxygen atoms in total. The second-order valence-electron chi connectivity index (χ2n) is 9.30. The average Bonchev–Trinajstić information content (AvgIpc) is 3.41. The number of thiocarbonyl (C=S) groups is 1. The van der Waals surface area contributed by atoms with Gasteiger partial charge in [-0.3, -0.25) is 14.8 Å². The van der Waals surface area contributed by atoms with Crippen LogP contribution in [-0.2, 0) is 16.1 Å². The maximum Gasteiger partial charge on any atom is 0.250 e. The third kappa shape index (κ3) is 5.16. The van der Waals surface area contributed by atoms with E-state index in [2.05, 4.69) is 56.0 Å². The first-order valence-corrected chi connectivity index (χ1v) is 12.8. The minimum absolute atomic E-state index is 0.00434. The van der Waals surface area contributed by atoms with Gasteiger partial charge in [0.1, 0.15) is 6.61 Å². The number of nitrogens with one attached hydrogen (secondary N) is 2. The van der Waals surface area contributed by atoms with Crippen molar-refractivity contribution in [1.29, 1.82) is 0 Å². The van der Waals surface area contributed by atoms with Crippen molar-refractivity contribution in [3.8, 4) is 0 Å². The van der Waals surface area contributed by atoms with Crippen LogP contribution in [0, 0.1) is 13.8 Å². The number of hydrogen-bond acceptors (Lipinski definition) is 5. The lowest BCUT2D eigenvalue weighted by Gasteiger charge is -2.28. The van der Waals surface area contributed by atoms with Crippen LogP contribution in [0.3, 0.4) is 0 Å². The normalized spacial score (nSPS) is 16.9. The van der Waals surface area contributed by atoms with Gasteiger partial charge in [-0.15, -0.1) is 0 Å². The topological polar surface area (TPSA) is 84.3 Å². The molecule has 0 bridgehead atoms. The summed E-state index contributed by atoms with van der Waals surface area (Å²) >= 11 is 5.89. The quantitative estimate of drug-likeness (QED) is 0.322. The van der Waals surface area contributed by atoms with E-state index >= 15 is 0 Å². The van der Waals surface area contributed by atoms with Crippen LogP contribution >= 0.6 is 12.2 Å². The van der Waals surface area contributed by atoms with E-state index in [-0.39, 0.29) is 24.6 Å². The third-order valence-electron chi connectivity index (χ3n) is 6.80. The molecule has 0 aliphatic carbocycles. The number of aryl methyl sites for hydroxylation is 1. The zero-order valence-electron chi connectivity index (χ0n) is 21.6. The first kappa shape index (κ1) is 25.6. The van der Waals surface area contributed by atoms with Crippen LogP contribution in [0.5, 0.6) is 0 Å². The molecule has 1 aliphatic heterocycles. The smallest absolute Gasteiger partial charge is 0.250 e. The van der Waals surface area contributed by atoms with E-state index in [0.29, 0.717) is 10.8 Å². The number of carbonyl (C=O) groups excluding carboxylic acids is 1. The summed E-state index contributed by atoms with van der Waals surface area (Å²) in [6.45, 7) is 5.03. The second-order valence-corrected chi connectivity index (χ2v) is 9.69. The number of methoxy groups -OCH3 is 1. The molecule has 1 aliphatic rings. The lowest BCUT2D eigenvalue weighted by atomic mass is 9.96. The number of aromatic nitrogens is 3. The summed E-state index contributed by atoms with van der Waals surface area (Å²) in [7, 11) is 1.50. The first-order chi connectivity index (χ1) is 18.5. The zero-order chi connectivity index (χ0) is 26.6. The summed E-state index contributed by atoms with van der Waals surface area (Å²) in [5, 5.41) is 6.99. The largest absolute Gasteiger partial charge is 0.375 e. The molecule has 9 heteroatoms. The fourth-order valence-corrected chi connectivity index (χ4v) is 5.37. The van der Waals surface area contributed by atoms with Crippen LogP contribution in [0.2, 0.25) is 0 Å². The van der Waals surface area contributed by atoms with Gasteiger partial charge in [-0.2, -0.15) is 0 Å². The Bertz CT molecular complexity index is 1420. The zero-order valence-corrected chi connectivity index (χ0v) is 22.4. The number of rotatable bonds is 8. The van der Waals surface area contributed by atoms with Gasteiger partial charge in [-0.05, 0) is 85.7 Å². The minimum atomic E-state index is -0.201. The standard InChI is InChI=1S/C29H30N6O2S/c1-19-15-24(20(2)34(19)17-21-7-6-13-30-16-21)28-27(25-8-4-5-14-31-25)33-29(38)35(28)23-11-9-22(10-12-23)32-26(36)18-37-3/h4-16,27-28H,17-18H2,1-3H3,(H,32,36)(H,33,38)/t27-,28+/m0/s1. The molecule has 1 saturated heterocycles. The Morgan fingerprint density at radius 1 is 1.11 bits per heavy atom. The molecular weight excluding hydrogens is 496 g/mol. The monoisotopic (exact) mass is 526 g/mol. The van der Waals surface area contributed by atoms with E-state index in [9.17, 15) is 4.79 Å². The Kier molecular flexibility index (Phi) is 7.48. The van der Waals surface area contributed by atoms with Crippen LogP contribution in [0.25, 0.3) is 0 Å². The van der Waals surface area contributed by atoms with Crippen LogP contribution in [0.4, 0.5) is 11.4 Å². The number of anilines is 2. The highest BCUT2D eigenvalue weighted by Gasteiger charge is 2.42. The van der Waals surface area contributed by atoms with Crippen molar-refractivity contribution in [3.63, 3.8) is 0 Å². The summed E-state index contributed by atoms with van der Waals surface area (Å²) in [5.74, 6) is -0.201. The molecule has 3 aromatic heterocycles. The molecule has 4 aromatic rings. The first-order valence-electron chi connectivity index (χ1n) is 12.4. The third-order valence-corrected chi connectivity index (χ3v) is 7.11. The summed E-state index contributed by atoms with van der Waals surface area (Å²) in [6.07, 6.45) is 5.50. The van der Waals surface area contributed by atoms with Gasteiger partial charge in [0.05, 0.1) is 17.8 Å². The van der Waals surface area contributed by atoms with E-state index in [4.69, 9.17) is 17.0 Å². The van der Waals surface area contributed by atoms with E-state index in [1.165, 1.54) is 12.7 Å². The van der Waals surface area contributed by atoms with Crippen molar-refractivity contribution >= 4 is 34.6 Å². The molecule has 38 heavy (non-hydrogen) atoms. The maximum absolute atomic E-state index is 12.0. The highest BCUT2D eigenvalue weighted by Crippen LogP contribution is 2.43. The van der Waals surface area contributed by atoms with Gasteiger partial charge in [0, 0.05) is 55.0 Å². The van der Waals surface area contributed by atoms with Crippen LogP contribution in [0.15, 0.2) is 79.3 Å². The highest BCUT2D eigenvalue weighted by molar-refractivity contribution is 7.80. The van der Waals surface area contributed by atoms with Crippen LogP contribution in [-0.4, -0.2) is 39.3 Å². The minimum Gasteiger partial charge on any atom is -0.375 e. The van der Waals surface area contributed by atoms with Crippen molar-refractivity contribution < 1.29 is 9.53 Å². The SMILES string of the molecule is COCC(=O)Nc1ccc(N2C(=S)N[C@@H](c3ccccn3)[C@H]2c2cc(C)n(Cc3cccnc3)c2C)cc1. The van der Waals surface area contributed by atoms with Gasteiger partial charge in [0.15, 0.2) is 5.11 Å². The Hall–Kier alpha value is -4.08. The van der Waals surface area contributed by atoms with E-state index in [0.717, 1.165) is 34.9 Å². The molecule has 0 spiro atoms. The van der Waals surface area contributed by atoms with Gasteiger partial charge < -0.3 is 24.8 Å². The predicted molar refractivity (Wildman–Crippen MR) is 152 cm³/mol. The summed E-state index contributed by atoms with van der Waals surface area (Å²) in [4.78, 5) is 23.0. The molecule has 1 aromatic carbocycles. The van der Waals surface area contributed by atoms with Crippen molar-refractivity contribution in [3.05, 3.63) is 107 Å². The average molecular weight is 527 g/mol. The molecule has 0 radical (unpaired) electrons. The fraction of sp³-hybridized carbons (Fsp3) is 0.241. The number of hydrogen-bond donors (Lipinski definition) is 2. The fourth-order valence-electron chi connectivity index (χ4n) is 5.03. The van der Waals surface area contributed by atoms with Crippen LogP contribution < -0.4 is 15.5 Å². The molecular formula is C29H30N6O2S. The molecule has 1 amide bonds. The number of carbonyl (C=O) groups is 1. The van der Waals surface area contributed by atoms with E-state index in [1.54, 1.807) is 6.20 Å². The van der Waals surface area contributed by atoms with Crippen molar-refractivity contribution in [2.24, 2.45) is 0 Å².